The summed E-state index contributed by atoms with van der Waals surface area (Å²) in [5, 5.41) is 6.79. The lowest BCUT2D eigenvalue weighted by Crippen LogP contribution is -2.46. The summed E-state index contributed by atoms with van der Waals surface area (Å²) >= 11 is 0. The molecule has 33 heavy (non-hydrogen) atoms. The molecule has 0 bridgehead atoms. The van der Waals surface area contributed by atoms with Crippen LogP contribution in [0.5, 0.6) is 0 Å². The third-order valence-electron chi connectivity index (χ3n) is 5.59. The van der Waals surface area contributed by atoms with Crippen molar-refractivity contribution in [2.24, 2.45) is 10.9 Å². The van der Waals surface area contributed by atoms with Gasteiger partial charge in [-0.25, -0.2) is 14.2 Å². The number of aliphatic imine (C=N–C) groups is 1. The number of pyridine rings is 1. The summed E-state index contributed by atoms with van der Waals surface area (Å²) in [7, 11) is 0. The van der Waals surface area contributed by atoms with Crippen molar-refractivity contribution >= 4 is 41.8 Å². The van der Waals surface area contributed by atoms with Crippen molar-refractivity contribution in [2.45, 2.75) is 58.6 Å². The van der Waals surface area contributed by atoms with E-state index in [2.05, 4.69) is 15.6 Å². The number of ether oxygens (including phenoxy) is 1. The highest BCUT2D eigenvalue weighted by Gasteiger charge is 2.28. The Bertz CT molecular complexity index is 803. The summed E-state index contributed by atoms with van der Waals surface area (Å²) < 4.78 is 19.6. The highest BCUT2D eigenvalue weighted by Crippen LogP contribution is 2.21. The van der Waals surface area contributed by atoms with Crippen LogP contribution in [0.1, 0.15) is 47.0 Å². The number of carbonyl (C=O) groups excluding carboxylic acids is 1. The molecule has 2 atom stereocenters. The molecule has 2 unspecified atom stereocenters. The maximum atomic E-state index is 14.1. The molecule has 3 rings (SSSR count). The average Bonchev–Trinajstić information content (AvgIpc) is 3.20. The molecule has 0 aromatic carbocycles. The Labute approximate surface area is 213 Å². The molecule has 1 amide bonds. The molecule has 3 heterocycles. The van der Waals surface area contributed by atoms with Gasteiger partial charge < -0.3 is 25.2 Å². The molecule has 0 aliphatic carbocycles. The lowest BCUT2D eigenvalue weighted by molar-refractivity contribution is 0.0170. The van der Waals surface area contributed by atoms with Crippen molar-refractivity contribution in [3.8, 4) is 0 Å². The molecule has 0 saturated carbocycles. The summed E-state index contributed by atoms with van der Waals surface area (Å²) in [6.45, 7) is 11.9. The summed E-state index contributed by atoms with van der Waals surface area (Å²) in [6, 6.07) is 3.22. The lowest BCUT2D eigenvalue weighted by atomic mass is 9.98. The van der Waals surface area contributed by atoms with Gasteiger partial charge in [0.2, 0.25) is 0 Å². The molecular formula is C23H38FIN6O2. The molecule has 2 fully saturated rings. The second-order valence-corrected chi connectivity index (χ2v) is 9.54. The first-order chi connectivity index (χ1) is 15.2. The van der Waals surface area contributed by atoms with Gasteiger partial charge in [-0.1, -0.05) is 0 Å². The molecule has 186 valence electrons. The fourth-order valence-electron chi connectivity index (χ4n) is 4.12. The number of piperidine rings is 1. The van der Waals surface area contributed by atoms with E-state index in [1.165, 1.54) is 6.07 Å². The molecule has 10 heteroatoms. The zero-order valence-electron chi connectivity index (χ0n) is 20.1. The summed E-state index contributed by atoms with van der Waals surface area (Å²) in [5.41, 5.74) is -0.488. The van der Waals surface area contributed by atoms with E-state index < -0.39 is 5.60 Å². The standard InChI is InChI=1S/C23H37FN6O2.HI/c1-5-25-21(28-18-10-13-29(16-18)20-19(24)9-6-11-26-20)27-14-17-8-7-12-30(15-17)22(31)32-23(2,3)4;/h6,9,11,17-18H,5,7-8,10,12-16H2,1-4H3,(H2,25,27,28);1H. The zero-order chi connectivity index (χ0) is 23.1. The van der Waals surface area contributed by atoms with Crippen molar-refractivity contribution in [1.82, 2.24) is 20.5 Å². The van der Waals surface area contributed by atoms with Gasteiger partial charge in [-0.2, -0.15) is 0 Å². The maximum Gasteiger partial charge on any atom is 0.410 e. The monoisotopic (exact) mass is 576 g/mol. The van der Waals surface area contributed by atoms with Gasteiger partial charge in [0.1, 0.15) is 5.60 Å². The van der Waals surface area contributed by atoms with Crippen LogP contribution in [0.3, 0.4) is 0 Å². The second-order valence-electron chi connectivity index (χ2n) is 9.54. The van der Waals surface area contributed by atoms with Crippen LogP contribution in [-0.4, -0.2) is 72.8 Å². The average molecular weight is 576 g/mol. The maximum absolute atomic E-state index is 14.1. The van der Waals surface area contributed by atoms with Crippen LogP contribution >= 0.6 is 24.0 Å². The number of guanidine groups is 1. The Kier molecular flexibility index (Phi) is 10.4. The van der Waals surface area contributed by atoms with Gasteiger partial charge >= 0.3 is 6.09 Å². The predicted octanol–water partition coefficient (Wildman–Crippen LogP) is 3.62. The van der Waals surface area contributed by atoms with E-state index in [0.717, 1.165) is 44.9 Å². The fourth-order valence-corrected chi connectivity index (χ4v) is 4.12. The summed E-state index contributed by atoms with van der Waals surface area (Å²) in [6.07, 6.45) is 4.25. The highest BCUT2D eigenvalue weighted by molar-refractivity contribution is 14.0. The van der Waals surface area contributed by atoms with E-state index in [9.17, 15) is 9.18 Å². The predicted molar refractivity (Wildman–Crippen MR) is 140 cm³/mol. The molecule has 1 aromatic heterocycles. The number of amides is 1. The number of aromatic nitrogens is 1. The molecule has 2 aliphatic heterocycles. The second kappa shape index (κ2) is 12.6. The molecule has 2 saturated heterocycles. The normalized spacial score (nSPS) is 21.4. The first-order valence-corrected chi connectivity index (χ1v) is 11.6. The van der Waals surface area contributed by atoms with Crippen LogP contribution in [0.4, 0.5) is 15.0 Å². The molecule has 2 aliphatic rings. The SMILES string of the molecule is CCNC(=NCC1CCCN(C(=O)OC(C)(C)C)C1)NC1CCN(c2ncccc2F)C1.I. The Morgan fingerprint density at radius 3 is 2.79 bits per heavy atom. The third kappa shape index (κ3) is 8.46. The largest absolute Gasteiger partial charge is 0.444 e. The van der Waals surface area contributed by atoms with Gasteiger partial charge in [0, 0.05) is 51.5 Å². The minimum atomic E-state index is -0.488. The molecule has 1 aromatic rings. The Morgan fingerprint density at radius 2 is 2.09 bits per heavy atom. The molecule has 8 nitrogen and oxygen atoms in total. The van der Waals surface area contributed by atoms with E-state index >= 15 is 0 Å². The number of halogens is 2. The Balaban J connectivity index is 0.00000385. The smallest absolute Gasteiger partial charge is 0.410 e. The van der Waals surface area contributed by atoms with E-state index in [4.69, 9.17) is 9.73 Å². The molecule has 0 spiro atoms. The van der Waals surface area contributed by atoms with Crippen LogP contribution in [0, 0.1) is 11.7 Å². The molecular weight excluding hydrogens is 538 g/mol. The number of hydrogen-bond donors (Lipinski definition) is 2. The number of carbonyl (C=O) groups is 1. The van der Waals surface area contributed by atoms with Gasteiger partial charge in [-0.3, -0.25) is 4.99 Å². The Morgan fingerprint density at radius 1 is 1.30 bits per heavy atom. The van der Waals surface area contributed by atoms with Crippen LogP contribution in [-0.2, 0) is 4.74 Å². The van der Waals surface area contributed by atoms with Crippen molar-refractivity contribution in [1.29, 1.82) is 0 Å². The van der Waals surface area contributed by atoms with Gasteiger partial charge in [0.05, 0.1) is 0 Å². The Hall–Kier alpha value is -1.85. The van der Waals surface area contributed by atoms with Crippen LogP contribution < -0.4 is 15.5 Å². The van der Waals surface area contributed by atoms with Crippen molar-refractivity contribution in [3.63, 3.8) is 0 Å². The van der Waals surface area contributed by atoms with Gasteiger partial charge in [0.25, 0.3) is 0 Å². The topological polar surface area (TPSA) is 82.1 Å². The first-order valence-electron chi connectivity index (χ1n) is 11.6. The third-order valence-corrected chi connectivity index (χ3v) is 5.59. The van der Waals surface area contributed by atoms with Crippen molar-refractivity contribution in [2.75, 3.05) is 44.2 Å². The van der Waals surface area contributed by atoms with Crippen LogP contribution in [0.25, 0.3) is 0 Å². The van der Waals surface area contributed by atoms with Crippen molar-refractivity contribution in [3.05, 3.63) is 24.1 Å². The van der Waals surface area contributed by atoms with Gasteiger partial charge in [0.15, 0.2) is 17.6 Å². The van der Waals surface area contributed by atoms with E-state index in [1.807, 2.05) is 32.6 Å². The first kappa shape index (κ1) is 27.4. The number of hydrogen-bond acceptors (Lipinski definition) is 5. The number of nitrogens with zero attached hydrogens (tertiary/aromatic N) is 4. The minimum absolute atomic E-state index is 0. The number of likely N-dealkylation sites (tertiary alicyclic amines) is 1. The summed E-state index contributed by atoms with van der Waals surface area (Å²) in [5.74, 6) is 1.17. The number of rotatable bonds is 5. The fraction of sp³-hybridized carbons (Fsp3) is 0.696. The van der Waals surface area contributed by atoms with Crippen LogP contribution in [0.2, 0.25) is 0 Å². The zero-order valence-corrected chi connectivity index (χ0v) is 22.5. The van der Waals surface area contributed by atoms with Gasteiger partial charge in [-0.15, -0.1) is 24.0 Å². The van der Waals surface area contributed by atoms with E-state index in [0.29, 0.717) is 31.4 Å². The highest BCUT2D eigenvalue weighted by atomic mass is 127. The lowest BCUT2D eigenvalue weighted by Gasteiger charge is -2.33. The van der Waals surface area contributed by atoms with E-state index in [1.54, 1.807) is 17.2 Å². The number of nitrogens with one attached hydrogen (secondary N) is 2. The van der Waals surface area contributed by atoms with Crippen LogP contribution in [0.15, 0.2) is 23.3 Å². The minimum Gasteiger partial charge on any atom is -0.444 e. The quantitative estimate of drug-likeness (QED) is 0.317. The molecule has 0 radical (unpaired) electrons. The van der Waals surface area contributed by atoms with Crippen molar-refractivity contribution < 1.29 is 13.9 Å². The molecule has 2 N–H and O–H groups in total. The number of anilines is 1. The van der Waals surface area contributed by atoms with Gasteiger partial charge in [-0.05, 0) is 65.0 Å². The summed E-state index contributed by atoms with van der Waals surface area (Å²) in [4.78, 5) is 25.2. The van der Waals surface area contributed by atoms with E-state index in [-0.39, 0.29) is 41.9 Å².